The van der Waals surface area contributed by atoms with Crippen molar-refractivity contribution in [3.63, 3.8) is 0 Å². The second-order valence-electron chi connectivity index (χ2n) is 8.11. The van der Waals surface area contributed by atoms with E-state index in [4.69, 9.17) is 4.42 Å². The molecule has 1 N–H and O–H groups in total. The standard InChI is InChI=1S/C17H27N5O4S/c1-11-19-20-16(26-11)10-21-8-12-6-13(9-21)15(7-18-27(2,24)25)22-14(12)4-3-5-17(22)23/h12-15,18H,3-10H2,1-2H3/t12-,13-,14-,15-/m0/s1. The number of hydrogen-bond donors (Lipinski definition) is 1. The molecule has 0 unspecified atom stereocenters. The van der Waals surface area contributed by atoms with Gasteiger partial charge in [0.25, 0.3) is 0 Å². The first-order valence-corrected chi connectivity index (χ1v) is 11.5. The number of hydrogen-bond acceptors (Lipinski definition) is 7. The summed E-state index contributed by atoms with van der Waals surface area (Å²) in [6.07, 6.45) is 4.67. The van der Waals surface area contributed by atoms with Gasteiger partial charge in [0.1, 0.15) is 0 Å². The highest BCUT2D eigenvalue weighted by atomic mass is 32.2. The molecule has 10 heteroatoms. The van der Waals surface area contributed by atoms with Gasteiger partial charge in [-0.3, -0.25) is 9.69 Å². The van der Waals surface area contributed by atoms with Crippen molar-refractivity contribution in [2.45, 2.75) is 51.2 Å². The lowest BCUT2D eigenvalue weighted by Gasteiger charge is -2.56. The maximum absolute atomic E-state index is 12.7. The molecule has 4 atom stereocenters. The Kier molecular flexibility index (Phi) is 4.98. The van der Waals surface area contributed by atoms with E-state index in [1.165, 1.54) is 6.26 Å². The van der Waals surface area contributed by atoms with Gasteiger partial charge in [-0.05, 0) is 31.1 Å². The third-order valence-corrected chi connectivity index (χ3v) is 6.74. The Morgan fingerprint density at radius 1 is 1.26 bits per heavy atom. The number of aryl methyl sites for hydroxylation is 1. The molecule has 4 heterocycles. The number of sulfonamides is 1. The van der Waals surface area contributed by atoms with Crippen LogP contribution in [0.3, 0.4) is 0 Å². The molecule has 0 spiro atoms. The number of nitrogens with zero attached hydrogens (tertiary/aromatic N) is 4. The fraction of sp³-hybridized carbons (Fsp3) is 0.824. The summed E-state index contributed by atoms with van der Waals surface area (Å²) in [5.41, 5.74) is 0. The number of piperidine rings is 3. The van der Waals surface area contributed by atoms with Crippen molar-refractivity contribution < 1.29 is 17.6 Å². The van der Waals surface area contributed by atoms with E-state index in [0.717, 1.165) is 32.4 Å². The van der Waals surface area contributed by atoms with Crippen LogP contribution in [0.4, 0.5) is 0 Å². The van der Waals surface area contributed by atoms with Crippen molar-refractivity contribution in [2.24, 2.45) is 11.8 Å². The number of carbonyl (C=O) groups is 1. The molecule has 1 aromatic rings. The zero-order valence-electron chi connectivity index (χ0n) is 15.8. The molecular weight excluding hydrogens is 370 g/mol. The van der Waals surface area contributed by atoms with E-state index in [-0.39, 0.29) is 30.5 Å². The van der Waals surface area contributed by atoms with E-state index in [1.54, 1.807) is 6.92 Å². The second kappa shape index (κ2) is 7.14. The monoisotopic (exact) mass is 397 g/mol. The van der Waals surface area contributed by atoms with Crippen LogP contribution in [0.15, 0.2) is 4.42 Å². The zero-order chi connectivity index (χ0) is 19.2. The number of rotatable bonds is 5. The molecule has 1 aromatic heterocycles. The fourth-order valence-corrected chi connectivity index (χ4v) is 5.57. The van der Waals surface area contributed by atoms with Crippen molar-refractivity contribution in [3.8, 4) is 0 Å². The molecule has 1 amide bonds. The van der Waals surface area contributed by atoms with Gasteiger partial charge in [0, 0.05) is 45.1 Å². The number of nitrogens with one attached hydrogen (secondary N) is 1. The molecule has 2 bridgehead atoms. The minimum absolute atomic E-state index is 0.0963. The lowest BCUT2D eigenvalue weighted by atomic mass is 9.72. The third-order valence-electron chi connectivity index (χ3n) is 6.05. The highest BCUT2D eigenvalue weighted by Crippen LogP contribution is 2.41. The van der Waals surface area contributed by atoms with Gasteiger partial charge in [-0.2, -0.15) is 0 Å². The predicted molar refractivity (Wildman–Crippen MR) is 97.0 cm³/mol. The average molecular weight is 398 g/mol. The summed E-state index contributed by atoms with van der Waals surface area (Å²) < 4.78 is 31.5. The van der Waals surface area contributed by atoms with E-state index in [1.807, 2.05) is 4.90 Å². The van der Waals surface area contributed by atoms with Crippen molar-refractivity contribution >= 4 is 15.9 Å². The van der Waals surface area contributed by atoms with Gasteiger partial charge in [0.05, 0.1) is 12.8 Å². The summed E-state index contributed by atoms with van der Waals surface area (Å²) in [6, 6.07) is 0.0991. The predicted octanol–water partition coefficient (Wildman–Crippen LogP) is 0.129. The number of amides is 1. The number of fused-ring (bicyclic) bond motifs is 4. The maximum atomic E-state index is 12.7. The van der Waals surface area contributed by atoms with Gasteiger partial charge in [-0.1, -0.05) is 0 Å². The number of likely N-dealkylation sites (tertiary alicyclic amines) is 1. The molecule has 0 aromatic carbocycles. The molecule has 3 fully saturated rings. The Morgan fingerprint density at radius 2 is 2.04 bits per heavy atom. The molecule has 3 aliphatic rings. The molecule has 4 rings (SSSR count). The molecule has 0 radical (unpaired) electrons. The first kappa shape index (κ1) is 18.8. The zero-order valence-corrected chi connectivity index (χ0v) is 16.6. The summed E-state index contributed by atoms with van der Waals surface area (Å²) in [7, 11) is -3.30. The summed E-state index contributed by atoms with van der Waals surface area (Å²) in [4.78, 5) is 17.0. The summed E-state index contributed by atoms with van der Waals surface area (Å²) in [6.45, 7) is 4.36. The van der Waals surface area contributed by atoms with Gasteiger partial charge in [0.2, 0.25) is 27.7 Å². The molecule has 27 heavy (non-hydrogen) atoms. The second-order valence-corrected chi connectivity index (χ2v) is 9.95. The topological polar surface area (TPSA) is 109 Å². The molecule has 150 valence electrons. The van der Waals surface area contributed by atoms with Crippen molar-refractivity contribution in [3.05, 3.63) is 11.8 Å². The van der Waals surface area contributed by atoms with Crippen LogP contribution in [0.5, 0.6) is 0 Å². The minimum Gasteiger partial charge on any atom is -0.424 e. The van der Waals surface area contributed by atoms with Crippen molar-refractivity contribution in [1.29, 1.82) is 0 Å². The average Bonchev–Trinajstić information content (AvgIpc) is 2.99. The van der Waals surface area contributed by atoms with Crippen LogP contribution in [0, 0.1) is 18.8 Å². The fourth-order valence-electron chi connectivity index (χ4n) is 5.09. The lowest BCUT2D eigenvalue weighted by Crippen LogP contribution is -2.66. The first-order valence-electron chi connectivity index (χ1n) is 9.57. The van der Waals surface area contributed by atoms with E-state index in [0.29, 0.717) is 30.7 Å². The normalized spacial score (nSPS) is 31.8. The van der Waals surface area contributed by atoms with Crippen LogP contribution in [-0.4, -0.2) is 72.3 Å². The molecule has 3 aliphatic heterocycles. The molecule has 0 saturated carbocycles. The van der Waals surface area contributed by atoms with Gasteiger partial charge < -0.3 is 9.32 Å². The van der Waals surface area contributed by atoms with E-state index in [2.05, 4.69) is 19.8 Å². The van der Waals surface area contributed by atoms with Crippen LogP contribution in [-0.2, 0) is 21.4 Å². The van der Waals surface area contributed by atoms with E-state index >= 15 is 0 Å². The Balaban J connectivity index is 1.55. The smallest absolute Gasteiger partial charge is 0.230 e. The van der Waals surface area contributed by atoms with Crippen molar-refractivity contribution in [1.82, 2.24) is 24.7 Å². The van der Waals surface area contributed by atoms with Crippen LogP contribution in [0.25, 0.3) is 0 Å². The van der Waals surface area contributed by atoms with Gasteiger partial charge in [-0.25, -0.2) is 13.1 Å². The van der Waals surface area contributed by atoms with Gasteiger partial charge in [0.15, 0.2) is 0 Å². The van der Waals surface area contributed by atoms with Crippen LogP contribution in [0.2, 0.25) is 0 Å². The lowest BCUT2D eigenvalue weighted by molar-refractivity contribution is -0.152. The quantitative estimate of drug-likeness (QED) is 0.752. The highest BCUT2D eigenvalue weighted by molar-refractivity contribution is 7.88. The minimum atomic E-state index is -3.30. The maximum Gasteiger partial charge on any atom is 0.230 e. The van der Waals surface area contributed by atoms with Crippen molar-refractivity contribution in [2.75, 3.05) is 25.9 Å². The molecule has 9 nitrogen and oxygen atoms in total. The molecule has 0 aliphatic carbocycles. The SMILES string of the molecule is Cc1nnc(CN2C[C@@H]3C[C@@H](C2)[C@H](CNS(C)(=O)=O)N2C(=O)CCC[C@@H]32)o1. The Morgan fingerprint density at radius 3 is 2.74 bits per heavy atom. The Bertz CT molecular complexity index is 810. The van der Waals surface area contributed by atoms with Gasteiger partial charge >= 0.3 is 0 Å². The third kappa shape index (κ3) is 4.02. The highest BCUT2D eigenvalue weighted by Gasteiger charge is 2.49. The summed E-state index contributed by atoms with van der Waals surface area (Å²) in [5, 5.41) is 8.00. The Labute approximate surface area is 159 Å². The van der Waals surface area contributed by atoms with Crippen LogP contribution in [0.1, 0.15) is 37.5 Å². The molecular formula is C17H27N5O4S. The van der Waals surface area contributed by atoms with Crippen LogP contribution < -0.4 is 4.72 Å². The Hall–Kier alpha value is -1.52. The summed E-state index contributed by atoms with van der Waals surface area (Å²) in [5.74, 6) is 1.98. The van der Waals surface area contributed by atoms with E-state index < -0.39 is 10.0 Å². The number of aromatic nitrogens is 2. The van der Waals surface area contributed by atoms with E-state index in [9.17, 15) is 13.2 Å². The van der Waals surface area contributed by atoms with Crippen LogP contribution >= 0.6 is 0 Å². The first-order chi connectivity index (χ1) is 12.8. The molecule has 3 saturated heterocycles. The summed E-state index contributed by atoms with van der Waals surface area (Å²) >= 11 is 0. The number of carbonyl (C=O) groups excluding carboxylic acids is 1. The van der Waals surface area contributed by atoms with Gasteiger partial charge in [-0.15, -0.1) is 10.2 Å². The largest absolute Gasteiger partial charge is 0.424 e.